The van der Waals surface area contributed by atoms with Gasteiger partial charge >= 0.3 is 0 Å². The van der Waals surface area contributed by atoms with Gasteiger partial charge in [0.05, 0.1) is 22.1 Å². The van der Waals surface area contributed by atoms with Crippen molar-refractivity contribution in [2.24, 2.45) is 14.1 Å². The Kier molecular flexibility index (Phi) is 5.06. The highest BCUT2D eigenvalue weighted by molar-refractivity contribution is 6.31. The molecular weight excluding hydrogens is 286 g/mol. The third-order valence-electron chi connectivity index (χ3n) is 3.78. The van der Waals surface area contributed by atoms with Gasteiger partial charge in [0.15, 0.2) is 0 Å². The Morgan fingerprint density at radius 1 is 1.29 bits per heavy atom. The summed E-state index contributed by atoms with van der Waals surface area (Å²) in [5, 5.41) is 13.3. The SMILES string of the molecule is CCNC(Cc1c(Cl)c(CC)nn1C)c1cn(C)nc1C. The third-order valence-corrected chi connectivity index (χ3v) is 4.21. The first-order valence-electron chi connectivity index (χ1n) is 7.41. The maximum atomic E-state index is 6.47. The van der Waals surface area contributed by atoms with Gasteiger partial charge in [0.25, 0.3) is 0 Å². The Morgan fingerprint density at radius 2 is 2.00 bits per heavy atom. The lowest BCUT2D eigenvalue weighted by atomic mass is 10.0. The molecule has 2 rings (SSSR count). The predicted octanol–water partition coefficient (Wildman–Crippen LogP) is 2.57. The van der Waals surface area contributed by atoms with Crippen LogP contribution >= 0.6 is 11.6 Å². The zero-order valence-corrected chi connectivity index (χ0v) is 14.2. The van der Waals surface area contributed by atoms with Crippen LogP contribution in [0.5, 0.6) is 0 Å². The Hall–Kier alpha value is -1.33. The van der Waals surface area contributed by atoms with Crippen LogP contribution in [-0.4, -0.2) is 26.1 Å². The van der Waals surface area contributed by atoms with Crippen LogP contribution in [0.1, 0.15) is 42.5 Å². The molecule has 2 aromatic rings. The van der Waals surface area contributed by atoms with E-state index >= 15 is 0 Å². The predicted molar refractivity (Wildman–Crippen MR) is 85.7 cm³/mol. The zero-order chi connectivity index (χ0) is 15.6. The fourth-order valence-electron chi connectivity index (χ4n) is 2.73. The van der Waals surface area contributed by atoms with E-state index in [1.807, 2.05) is 30.4 Å². The molecule has 0 amide bonds. The Morgan fingerprint density at radius 3 is 2.48 bits per heavy atom. The summed E-state index contributed by atoms with van der Waals surface area (Å²) in [4.78, 5) is 0. The highest BCUT2D eigenvalue weighted by atomic mass is 35.5. The van der Waals surface area contributed by atoms with Gasteiger partial charge in [-0.3, -0.25) is 9.36 Å². The molecule has 2 aromatic heterocycles. The van der Waals surface area contributed by atoms with E-state index in [1.165, 1.54) is 5.56 Å². The van der Waals surface area contributed by atoms with E-state index in [0.29, 0.717) is 0 Å². The lowest BCUT2D eigenvalue weighted by Gasteiger charge is -2.17. The van der Waals surface area contributed by atoms with Crippen molar-refractivity contribution >= 4 is 11.6 Å². The maximum Gasteiger partial charge on any atom is 0.0850 e. The molecule has 0 spiro atoms. The molecule has 0 aliphatic heterocycles. The number of hydrogen-bond acceptors (Lipinski definition) is 3. The minimum absolute atomic E-state index is 0.196. The molecule has 0 radical (unpaired) electrons. The second-order valence-corrected chi connectivity index (χ2v) is 5.72. The van der Waals surface area contributed by atoms with Crippen LogP contribution in [0, 0.1) is 6.92 Å². The molecule has 0 bridgehead atoms. The summed E-state index contributed by atoms with van der Waals surface area (Å²) in [6.45, 7) is 7.13. The van der Waals surface area contributed by atoms with Crippen LogP contribution in [0.2, 0.25) is 5.02 Å². The summed E-state index contributed by atoms with van der Waals surface area (Å²) in [7, 11) is 3.91. The van der Waals surface area contributed by atoms with E-state index in [0.717, 1.165) is 41.5 Å². The molecule has 21 heavy (non-hydrogen) atoms. The van der Waals surface area contributed by atoms with E-state index in [9.17, 15) is 0 Å². The van der Waals surface area contributed by atoms with E-state index in [4.69, 9.17) is 11.6 Å². The second-order valence-electron chi connectivity index (χ2n) is 5.34. The molecule has 0 aliphatic carbocycles. The average Bonchev–Trinajstić information content (AvgIpc) is 2.90. The zero-order valence-electron chi connectivity index (χ0n) is 13.4. The summed E-state index contributed by atoms with van der Waals surface area (Å²) in [6, 6.07) is 0.196. The number of hydrogen-bond donors (Lipinski definition) is 1. The first-order valence-corrected chi connectivity index (χ1v) is 7.79. The first-order chi connectivity index (χ1) is 9.97. The van der Waals surface area contributed by atoms with E-state index in [-0.39, 0.29) is 6.04 Å². The number of nitrogens with zero attached hydrogens (tertiary/aromatic N) is 4. The molecule has 0 saturated heterocycles. The normalized spacial score (nSPS) is 12.9. The van der Waals surface area contributed by atoms with Crippen LogP contribution in [0.4, 0.5) is 0 Å². The van der Waals surface area contributed by atoms with Crippen LogP contribution < -0.4 is 5.32 Å². The number of aromatic nitrogens is 4. The van der Waals surface area contributed by atoms with Gasteiger partial charge in [-0.15, -0.1) is 0 Å². The molecule has 0 saturated carbocycles. The molecule has 0 aliphatic rings. The van der Waals surface area contributed by atoms with Gasteiger partial charge in [-0.25, -0.2) is 0 Å². The van der Waals surface area contributed by atoms with Crippen molar-refractivity contribution in [2.75, 3.05) is 6.54 Å². The van der Waals surface area contributed by atoms with Gasteiger partial charge in [-0.05, 0) is 19.9 Å². The van der Waals surface area contributed by atoms with Crippen molar-refractivity contribution < 1.29 is 0 Å². The van der Waals surface area contributed by atoms with E-state index in [1.54, 1.807) is 0 Å². The fourth-order valence-corrected chi connectivity index (χ4v) is 3.10. The van der Waals surface area contributed by atoms with Crippen LogP contribution in [-0.2, 0) is 26.9 Å². The van der Waals surface area contributed by atoms with Crippen molar-refractivity contribution in [1.29, 1.82) is 0 Å². The van der Waals surface area contributed by atoms with Crippen molar-refractivity contribution in [2.45, 2.75) is 39.7 Å². The topological polar surface area (TPSA) is 47.7 Å². The van der Waals surface area contributed by atoms with Crippen molar-refractivity contribution in [1.82, 2.24) is 24.9 Å². The molecule has 6 heteroatoms. The largest absolute Gasteiger partial charge is 0.310 e. The number of rotatable bonds is 6. The smallest absolute Gasteiger partial charge is 0.0850 e. The maximum absolute atomic E-state index is 6.47. The molecule has 2 heterocycles. The van der Waals surface area contributed by atoms with E-state index < -0.39 is 0 Å². The van der Waals surface area contributed by atoms with Gasteiger partial charge in [-0.1, -0.05) is 25.4 Å². The first kappa shape index (κ1) is 16.0. The summed E-state index contributed by atoms with van der Waals surface area (Å²) in [5.74, 6) is 0. The number of nitrogens with one attached hydrogen (secondary N) is 1. The summed E-state index contributed by atoms with van der Waals surface area (Å²) in [5.41, 5.74) is 4.31. The van der Waals surface area contributed by atoms with Crippen LogP contribution in [0.3, 0.4) is 0 Å². The van der Waals surface area contributed by atoms with Crippen molar-refractivity contribution in [3.63, 3.8) is 0 Å². The van der Waals surface area contributed by atoms with Crippen LogP contribution in [0.25, 0.3) is 0 Å². The summed E-state index contributed by atoms with van der Waals surface area (Å²) in [6.07, 6.45) is 3.74. The lowest BCUT2D eigenvalue weighted by molar-refractivity contribution is 0.526. The molecule has 5 nitrogen and oxygen atoms in total. The molecule has 1 N–H and O–H groups in total. The Balaban J connectivity index is 2.33. The third kappa shape index (κ3) is 3.30. The molecule has 1 atom stereocenters. The Bertz CT molecular complexity index is 614. The minimum atomic E-state index is 0.196. The molecule has 116 valence electrons. The van der Waals surface area contributed by atoms with Gasteiger partial charge in [0.2, 0.25) is 0 Å². The van der Waals surface area contributed by atoms with Crippen molar-refractivity contribution in [3.8, 4) is 0 Å². The monoisotopic (exact) mass is 309 g/mol. The van der Waals surface area contributed by atoms with Gasteiger partial charge in [-0.2, -0.15) is 10.2 Å². The van der Waals surface area contributed by atoms with Gasteiger partial charge in [0, 0.05) is 38.3 Å². The standard InChI is InChI=1S/C15H24ClN5/c1-6-12-15(16)14(21(5)19-12)8-13(17-7-2)11-9-20(4)18-10(11)3/h9,13,17H,6-8H2,1-5H3. The van der Waals surface area contributed by atoms with Crippen LogP contribution in [0.15, 0.2) is 6.20 Å². The number of aryl methyl sites for hydroxylation is 4. The minimum Gasteiger partial charge on any atom is -0.310 e. The number of halogens is 1. The second kappa shape index (κ2) is 6.62. The quantitative estimate of drug-likeness (QED) is 0.892. The molecule has 0 aromatic carbocycles. The highest BCUT2D eigenvalue weighted by Gasteiger charge is 2.21. The Labute approximate surface area is 131 Å². The van der Waals surface area contributed by atoms with Gasteiger partial charge < -0.3 is 5.32 Å². The molecule has 0 fully saturated rings. The molecular formula is C15H24ClN5. The average molecular weight is 310 g/mol. The fraction of sp³-hybridized carbons (Fsp3) is 0.600. The lowest BCUT2D eigenvalue weighted by Crippen LogP contribution is -2.24. The van der Waals surface area contributed by atoms with Gasteiger partial charge in [0.1, 0.15) is 0 Å². The summed E-state index contributed by atoms with van der Waals surface area (Å²) >= 11 is 6.47. The van der Waals surface area contributed by atoms with Crippen molar-refractivity contribution in [3.05, 3.63) is 33.9 Å². The van der Waals surface area contributed by atoms with E-state index in [2.05, 4.69) is 35.6 Å². The highest BCUT2D eigenvalue weighted by Crippen LogP contribution is 2.27. The number of likely N-dealkylation sites (N-methyl/N-ethyl adjacent to an activating group) is 1. The molecule has 1 unspecified atom stereocenters. The summed E-state index contributed by atoms with van der Waals surface area (Å²) < 4.78 is 3.76.